The van der Waals surface area contributed by atoms with Gasteiger partial charge in [-0.25, -0.2) is 4.98 Å². The number of ether oxygens (including phenoxy) is 1. The van der Waals surface area contributed by atoms with Gasteiger partial charge in [0, 0.05) is 35.5 Å². The molecule has 102 valence electrons. The molecule has 0 fully saturated rings. The average molecular weight is 324 g/mol. The highest BCUT2D eigenvalue weighted by Crippen LogP contribution is 2.27. The highest BCUT2D eigenvalue weighted by Gasteiger charge is 2.07. The van der Waals surface area contributed by atoms with Crippen molar-refractivity contribution < 1.29 is 4.74 Å². The van der Waals surface area contributed by atoms with E-state index in [9.17, 15) is 0 Å². The highest BCUT2D eigenvalue weighted by atomic mass is 79.9. The van der Waals surface area contributed by atoms with Crippen LogP contribution in [0.4, 0.5) is 0 Å². The summed E-state index contributed by atoms with van der Waals surface area (Å²) >= 11 is 3.47. The van der Waals surface area contributed by atoms with Crippen LogP contribution in [-0.2, 0) is 13.1 Å². The van der Waals surface area contributed by atoms with Crippen LogP contribution in [0.2, 0.25) is 0 Å². The van der Waals surface area contributed by atoms with Gasteiger partial charge in [0.15, 0.2) is 0 Å². The number of hydrogen-bond acceptors (Lipinski definition) is 3. The number of halogens is 1. The Kier molecular flexibility index (Phi) is 4.99. The summed E-state index contributed by atoms with van der Waals surface area (Å²) in [6.07, 6.45) is 6.49. The Morgan fingerprint density at radius 3 is 2.95 bits per heavy atom. The Balaban J connectivity index is 1.92. The Morgan fingerprint density at radius 1 is 1.42 bits per heavy atom. The Hall–Kier alpha value is -1.33. The molecular weight excluding hydrogens is 306 g/mol. The van der Waals surface area contributed by atoms with Crippen molar-refractivity contribution in [3.8, 4) is 5.75 Å². The molecule has 0 saturated heterocycles. The lowest BCUT2D eigenvalue weighted by Gasteiger charge is -2.14. The zero-order chi connectivity index (χ0) is 13.7. The molecule has 0 aliphatic heterocycles. The van der Waals surface area contributed by atoms with Crippen molar-refractivity contribution in [1.82, 2.24) is 9.55 Å². The summed E-state index contributed by atoms with van der Waals surface area (Å²) < 4.78 is 8.96. The van der Waals surface area contributed by atoms with Gasteiger partial charge in [-0.05, 0) is 31.0 Å². The van der Waals surface area contributed by atoms with Crippen molar-refractivity contribution in [1.29, 1.82) is 0 Å². The van der Waals surface area contributed by atoms with Gasteiger partial charge >= 0.3 is 0 Å². The maximum atomic E-state index is 5.88. The molecule has 0 radical (unpaired) electrons. The first-order chi connectivity index (χ1) is 9.20. The van der Waals surface area contributed by atoms with Crippen LogP contribution in [0.25, 0.3) is 0 Å². The molecule has 0 amide bonds. The second kappa shape index (κ2) is 6.73. The van der Waals surface area contributed by atoms with Crippen LogP contribution in [-0.4, -0.2) is 16.2 Å². The van der Waals surface area contributed by atoms with Crippen LogP contribution in [0.3, 0.4) is 0 Å². The lowest BCUT2D eigenvalue weighted by atomic mass is 10.1. The summed E-state index contributed by atoms with van der Waals surface area (Å²) in [6, 6.07) is 4.06. The summed E-state index contributed by atoms with van der Waals surface area (Å²) in [5.74, 6) is 0.913. The van der Waals surface area contributed by atoms with Gasteiger partial charge in [0.05, 0.1) is 12.9 Å². The summed E-state index contributed by atoms with van der Waals surface area (Å²) in [7, 11) is 0. The minimum absolute atomic E-state index is 0.483. The summed E-state index contributed by atoms with van der Waals surface area (Å²) in [4.78, 5) is 4.01. The third-order valence-corrected chi connectivity index (χ3v) is 3.36. The number of aromatic nitrogens is 2. The minimum atomic E-state index is 0.483. The Morgan fingerprint density at radius 2 is 2.26 bits per heavy atom. The van der Waals surface area contributed by atoms with Gasteiger partial charge in [-0.15, -0.1) is 0 Å². The number of aryl methyl sites for hydroxylation is 2. The highest BCUT2D eigenvalue weighted by molar-refractivity contribution is 9.10. The van der Waals surface area contributed by atoms with E-state index in [0.717, 1.165) is 34.3 Å². The molecule has 19 heavy (non-hydrogen) atoms. The van der Waals surface area contributed by atoms with Crippen molar-refractivity contribution in [2.75, 3.05) is 6.61 Å². The van der Waals surface area contributed by atoms with Crippen LogP contribution < -0.4 is 10.5 Å². The predicted molar refractivity (Wildman–Crippen MR) is 79.1 cm³/mol. The third-order valence-electron chi connectivity index (χ3n) is 2.90. The van der Waals surface area contributed by atoms with Crippen molar-refractivity contribution in [2.45, 2.75) is 26.4 Å². The molecule has 2 aromatic rings. The number of imidazole rings is 1. The fourth-order valence-electron chi connectivity index (χ4n) is 2.00. The first-order valence-electron chi connectivity index (χ1n) is 6.28. The largest absolute Gasteiger partial charge is 0.493 e. The van der Waals surface area contributed by atoms with Crippen LogP contribution in [0.1, 0.15) is 17.5 Å². The quantitative estimate of drug-likeness (QED) is 0.831. The molecule has 0 atom stereocenters. The normalized spacial score (nSPS) is 10.7. The first-order valence-corrected chi connectivity index (χ1v) is 7.07. The first kappa shape index (κ1) is 14.1. The topological polar surface area (TPSA) is 53.1 Å². The van der Waals surface area contributed by atoms with Crippen molar-refractivity contribution in [2.24, 2.45) is 5.73 Å². The van der Waals surface area contributed by atoms with E-state index in [2.05, 4.69) is 20.9 Å². The lowest BCUT2D eigenvalue weighted by molar-refractivity contribution is 0.297. The molecule has 0 aliphatic carbocycles. The molecular formula is C14H18BrN3O. The fraction of sp³-hybridized carbons (Fsp3) is 0.357. The van der Waals surface area contributed by atoms with Crippen LogP contribution in [0.15, 0.2) is 35.3 Å². The van der Waals surface area contributed by atoms with E-state index in [1.807, 2.05) is 36.1 Å². The summed E-state index contributed by atoms with van der Waals surface area (Å²) in [5, 5.41) is 0. The number of nitrogens with zero attached hydrogens (tertiary/aromatic N) is 2. The number of hydrogen-bond donors (Lipinski definition) is 1. The van der Waals surface area contributed by atoms with Crippen LogP contribution in [0, 0.1) is 6.92 Å². The average Bonchev–Trinajstić information content (AvgIpc) is 2.89. The Labute approximate surface area is 121 Å². The van der Waals surface area contributed by atoms with E-state index >= 15 is 0 Å². The van der Waals surface area contributed by atoms with Crippen molar-refractivity contribution in [3.05, 3.63) is 46.5 Å². The van der Waals surface area contributed by atoms with Gasteiger partial charge in [0.25, 0.3) is 0 Å². The number of nitrogens with two attached hydrogens (primary N) is 1. The molecule has 4 nitrogen and oxygen atoms in total. The maximum absolute atomic E-state index is 5.88. The van der Waals surface area contributed by atoms with Gasteiger partial charge in [-0.2, -0.15) is 0 Å². The molecule has 0 aliphatic rings. The standard InChI is InChI=1S/C14H18BrN3O/c1-11-7-13(15)8-12(9-16)14(11)19-6-2-4-18-5-3-17-10-18/h3,5,7-8,10H,2,4,6,9,16H2,1H3. The molecule has 2 rings (SSSR count). The molecule has 0 bridgehead atoms. The number of benzene rings is 1. The second-order valence-electron chi connectivity index (χ2n) is 4.42. The van der Waals surface area contributed by atoms with E-state index in [1.165, 1.54) is 0 Å². The molecule has 2 N–H and O–H groups in total. The SMILES string of the molecule is Cc1cc(Br)cc(CN)c1OCCCn1ccnc1. The molecule has 0 saturated carbocycles. The van der Waals surface area contributed by atoms with E-state index in [-0.39, 0.29) is 0 Å². The molecule has 0 unspecified atom stereocenters. The van der Waals surface area contributed by atoms with Crippen molar-refractivity contribution in [3.63, 3.8) is 0 Å². The molecule has 1 aromatic heterocycles. The summed E-state index contributed by atoms with van der Waals surface area (Å²) in [5.41, 5.74) is 7.90. The van der Waals surface area contributed by atoms with E-state index < -0.39 is 0 Å². The van der Waals surface area contributed by atoms with Gasteiger partial charge in [-0.3, -0.25) is 0 Å². The van der Waals surface area contributed by atoms with Crippen LogP contribution >= 0.6 is 15.9 Å². The summed E-state index contributed by atoms with van der Waals surface area (Å²) in [6.45, 7) is 4.10. The van der Waals surface area contributed by atoms with Gasteiger partial charge in [-0.1, -0.05) is 15.9 Å². The maximum Gasteiger partial charge on any atom is 0.126 e. The fourth-order valence-corrected chi connectivity index (χ4v) is 2.62. The molecule has 1 aromatic carbocycles. The van der Waals surface area contributed by atoms with Gasteiger partial charge < -0.3 is 15.0 Å². The molecule has 1 heterocycles. The molecule has 0 spiro atoms. The monoisotopic (exact) mass is 323 g/mol. The van der Waals surface area contributed by atoms with E-state index in [1.54, 1.807) is 6.20 Å². The lowest BCUT2D eigenvalue weighted by Crippen LogP contribution is -2.07. The molecule has 5 heteroatoms. The van der Waals surface area contributed by atoms with Crippen LogP contribution in [0.5, 0.6) is 5.75 Å². The van der Waals surface area contributed by atoms with E-state index in [0.29, 0.717) is 13.2 Å². The van der Waals surface area contributed by atoms with Gasteiger partial charge in [0.1, 0.15) is 5.75 Å². The zero-order valence-electron chi connectivity index (χ0n) is 11.0. The predicted octanol–water partition coefficient (Wildman–Crippen LogP) is 2.88. The van der Waals surface area contributed by atoms with Crippen molar-refractivity contribution >= 4 is 15.9 Å². The smallest absolute Gasteiger partial charge is 0.126 e. The second-order valence-corrected chi connectivity index (χ2v) is 5.33. The minimum Gasteiger partial charge on any atom is -0.493 e. The van der Waals surface area contributed by atoms with E-state index in [4.69, 9.17) is 10.5 Å². The Bertz CT molecular complexity index is 526. The zero-order valence-corrected chi connectivity index (χ0v) is 12.6. The van der Waals surface area contributed by atoms with Gasteiger partial charge in [0.2, 0.25) is 0 Å². The third kappa shape index (κ3) is 3.81. The number of rotatable bonds is 6.